The summed E-state index contributed by atoms with van der Waals surface area (Å²) in [5.74, 6) is 0. The van der Waals surface area contributed by atoms with Crippen molar-refractivity contribution in [2.75, 3.05) is 9.44 Å². The highest BCUT2D eigenvalue weighted by molar-refractivity contribution is 7.93. The number of nitrogens with one attached hydrogen (secondary N) is 2. The molecule has 0 heterocycles. The van der Waals surface area contributed by atoms with Crippen molar-refractivity contribution in [1.82, 2.24) is 0 Å². The molecule has 0 bridgehead atoms. The Labute approximate surface area is 192 Å². The number of rotatable bonds is 6. The fraction of sp³-hybridized carbons (Fsp3) is 0.143. The molecule has 6 nitrogen and oxygen atoms in total. The largest absolute Gasteiger partial charge is 0.279 e. The second-order valence-electron chi connectivity index (χ2n) is 7.06. The lowest BCUT2D eigenvalue weighted by atomic mass is 10.1. The van der Waals surface area contributed by atoms with Crippen molar-refractivity contribution in [1.29, 1.82) is 0 Å². The van der Waals surface area contributed by atoms with Gasteiger partial charge in [0, 0.05) is 0 Å². The SMILES string of the molecule is Cc1ccc(NS(=O)(=O)c2ccc(C)c(NS(=O)(=O)c3cccc(Cl)c3Cl)c2)c(C)c1. The fourth-order valence-corrected chi connectivity index (χ4v) is 5.94. The Hall–Kier alpha value is -2.26. The number of halogens is 2. The molecule has 0 amide bonds. The third kappa shape index (κ3) is 5.15. The van der Waals surface area contributed by atoms with E-state index in [-0.39, 0.29) is 25.5 Å². The standard InChI is InChI=1S/C21H20Cl2N2O4S2/c1-13-7-10-18(15(3)11-13)24-30(26,27)16-9-8-14(2)19(12-16)25-31(28,29)20-6-4-5-17(22)21(20)23/h4-12,24-25H,1-3H3. The molecule has 31 heavy (non-hydrogen) atoms. The van der Waals surface area contributed by atoms with Crippen LogP contribution in [0.25, 0.3) is 0 Å². The van der Waals surface area contributed by atoms with Gasteiger partial charge in [0.15, 0.2) is 0 Å². The smallest absolute Gasteiger partial charge is 0.263 e. The van der Waals surface area contributed by atoms with Crippen LogP contribution in [0, 0.1) is 20.8 Å². The number of sulfonamides is 2. The fourth-order valence-electron chi connectivity index (χ4n) is 2.90. The van der Waals surface area contributed by atoms with E-state index >= 15 is 0 Å². The molecule has 3 aromatic carbocycles. The summed E-state index contributed by atoms with van der Waals surface area (Å²) >= 11 is 12.0. The van der Waals surface area contributed by atoms with E-state index in [0.717, 1.165) is 11.1 Å². The minimum atomic E-state index is -4.10. The monoisotopic (exact) mass is 498 g/mol. The number of anilines is 2. The van der Waals surface area contributed by atoms with E-state index in [9.17, 15) is 16.8 Å². The lowest BCUT2D eigenvalue weighted by molar-refractivity contribution is 0.598. The van der Waals surface area contributed by atoms with Crippen molar-refractivity contribution in [3.63, 3.8) is 0 Å². The first kappa shape index (κ1) is 23.4. The molecule has 0 saturated carbocycles. The van der Waals surface area contributed by atoms with Crippen LogP contribution in [-0.4, -0.2) is 16.8 Å². The Morgan fingerprint density at radius 2 is 1.39 bits per heavy atom. The maximum absolute atomic E-state index is 12.9. The van der Waals surface area contributed by atoms with Gasteiger partial charge in [-0.15, -0.1) is 0 Å². The summed E-state index contributed by atoms with van der Waals surface area (Å²) in [6, 6.07) is 13.8. The number of hydrogen-bond acceptors (Lipinski definition) is 4. The van der Waals surface area contributed by atoms with Crippen molar-refractivity contribution in [3.05, 3.63) is 81.3 Å². The summed E-state index contributed by atoms with van der Waals surface area (Å²) in [6.07, 6.45) is 0. The molecule has 0 unspecified atom stereocenters. The van der Waals surface area contributed by atoms with Crippen molar-refractivity contribution < 1.29 is 16.8 Å². The molecular weight excluding hydrogens is 479 g/mol. The third-order valence-corrected chi connectivity index (χ3v) is 8.30. The predicted octanol–water partition coefficient (Wildman–Crippen LogP) is 5.52. The minimum absolute atomic E-state index is 0.0898. The Morgan fingerprint density at radius 1 is 0.710 bits per heavy atom. The molecular formula is C21H20Cl2N2O4S2. The quantitative estimate of drug-likeness (QED) is 0.467. The molecule has 3 rings (SSSR count). The van der Waals surface area contributed by atoms with E-state index in [0.29, 0.717) is 11.3 Å². The van der Waals surface area contributed by atoms with Crippen molar-refractivity contribution in [2.45, 2.75) is 30.6 Å². The van der Waals surface area contributed by atoms with Crippen LogP contribution >= 0.6 is 23.2 Å². The number of aryl methyl sites for hydroxylation is 3. The van der Waals surface area contributed by atoms with Gasteiger partial charge in [0.25, 0.3) is 20.0 Å². The van der Waals surface area contributed by atoms with Crippen LogP contribution in [-0.2, 0) is 20.0 Å². The van der Waals surface area contributed by atoms with Gasteiger partial charge in [-0.25, -0.2) is 16.8 Å². The van der Waals surface area contributed by atoms with Crippen LogP contribution in [0.2, 0.25) is 10.0 Å². The van der Waals surface area contributed by atoms with Crippen LogP contribution < -0.4 is 9.44 Å². The molecule has 0 fully saturated rings. The van der Waals surface area contributed by atoms with Gasteiger partial charge in [-0.1, -0.05) is 53.0 Å². The molecule has 0 spiro atoms. The summed E-state index contributed by atoms with van der Waals surface area (Å²) in [7, 11) is -8.06. The first-order valence-electron chi connectivity index (χ1n) is 9.08. The molecule has 0 aliphatic heterocycles. The van der Waals surface area contributed by atoms with Gasteiger partial charge < -0.3 is 0 Å². The van der Waals surface area contributed by atoms with Crippen molar-refractivity contribution in [2.24, 2.45) is 0 Å². The molecule has 0 radical (unpaired) electrons. The predicted molar refractivity (Wildman–Crippen MR) is 125 cm³/mol. The summed E-state index contributed by atoms with van der Waals surface area (Å²) in [5.41, 5.74) is 2.87. The second kappa shape index (κ2) is 8.70. The van der Waals surface area contributed by atoms with Gasteiger partial charge in [-0.05, 0) is 62.2 Å². The Balaban J connectivity index is 1.97. The molecule has 0 aliphatic carbocycles. The van der Waals surface area contributed by atoms with Crippen LogP contribution in [0.1, 0.15) is 16.7 Å². The van der Waals surface area contributed by atoms with Gasteiger partial charge in [0.2, 0.25) is 0 Å². The van der Waals surface area contributed by atoms with Crippen LogP contribution in [0.3, 0.4) is 0 Å². The average Bonchev–Trinajstić information content (AvgIpc) is 2.67. The van der Waals surface area contributed by atoms with Gasteiger partial charge in [0.05, 0.1) is 26.3 Å². The average molecular weight is 499 g/mol. The topological polar surface area (TPSA) is 92.3 Å². The van der Waals surface area contributed by atoms with Crippen LogP contribution in [0.5, 0.6) is 0 Å². The van der Waals surface area contributed by atoms with E-state index in [4.69, 9.17) is 23.2 Å². The highest BCUT2D eigenvalue weighted by Crippen LogP contribution is 2.31. The minimum Gasteiger partial charge on any atom is -0.279 e. The van der Waals surface area contributed by atoms with Crippen molar-refractivity contribution in [3.8, 4) is 0 Å². The number of benzene rings is 3. The summed E-state index contributed by atoms with van der Waals surface area (Å²) in [4.78, 5) is -0.296. The van der Waals surface area contributed by atoms with E-state index in [2.05, 4.69) is 9.44 Å². The maximum Gasteiger partial charge on any atom is 0.263 e. The van der Waals surface area contributed by atoms with E-state index in [1.807, 2.05) is 13.0 Å². The third-order valence-electron chi connectivity index (χ3n) is 4.60. The van der Waals surface area contributed by atoms with Gasteiger partial charge in [-0.2, -0.15) is 0 Å². The first-order chi connectivity index (χ1) is 14.4. The zero-order chi connectivity index (χ0) is 23.0. The zero-order valence-corrected chi connectivity index (χ0v) is 20.0. The van der Waals surface area contributed by atoms with Gasteiger partial charge in [0.1, 0.15) is 4.90 Å². The normalized spacial score (nSPS) is 11.9. The zero-order valence-electron chi connectivity index (χ0n) is 16.9. The highest BCUT2D eigenvalue weighted by Gasteiger charge is 2.22. The lowest BCUT2D eigenvalue weighted by Gasteiger charge is -2.15. The molecule has 2 N–H and O–H groups in total. The van der Waals surface area contributed by atoms with Crippen LogP contribution in [0.15, 0.2) is 64.4 Å². The molecule has 10 heteroatoms. The van der Waals surface area contributed by atoms with E-state index < -0.39 is 20.0 Å². The maximum atomic E-state index is 12.9. The molecule has 3 aromatic rings. The molecule has 0 atom stereocenters. The highest BCUT2D eigenvalue weighted by atomic mass is 35.5. The summed E-state index contributed by atoms with van der Waals surface area (Å²) in [5, 5.41) is -0.0233. The van der Waals surface area contributed by atoms with Crippen LogP contribution in [0.4, 0.5) is 11.4 Å². The first-order valence-corrected chi connectivity index (χ1v) is 12.8. The van der Waals surface area contributed by atoms with Crippen molar-refractivity contribution >= 4 is 54.6 Å². The molecule has 164 valence electrons. The van der Waals surface area contributed by atoms with E-state index in [1.165, 1.54) is 36.4 Å². The lowest BCUT2D eigenvalue weighted by Crippen LogP contribution is -2.17. The summed E-state index contributed by atoms with van der Waals surface area (Å²) in [6.45, 7) is 5.37. The Morgan fingerprint density at radius 3 is 2.06 bits per heavy atom. The Bertz CT molecular complexity index is 1370. The van der Waals surface area contributed by atoms with Gasteiger partial charge in [-0.3, -0.25) is 9.44 Å². The molecule has 0 saturated heterocycles. The second-order valence-corrected chi connectivity index (χ2v) is 11.2. The van der Waals surface area contributed by atoms with Gasteiger partial charge >= 0.3 is 0 Å². The van der Waals surface area contributed by atoms with E-state index in [1.54, 1.807) is 26.0 Å². The summed E-state index contributed by atoms with van der Waals surface area (Å²) < 4.78 is 56.4. The molecule has 0 aromatic heterocycles. The Kier molecular flexibility index (Phi) is 6.57. The number of hydrogen-bond donors (Lipinski definition) is 2. The molecule has 0 aliphatic rings.